The first-order valence-electron chi connectivity index (χ1n) is 8.12. The predicted octanol–water partition coefficient (Wildman–Crippen LogP) is 3.28. The summed E-state index contributed by atoms with van der Waals surface area (Å²) in [5.74, 6) is -4.08. The molecule has 0 heterocycles. The van der Waals surface area contributed by atoms with Crippen LogP contribution >= 0.6 is 0 Å². The molecule has 0 aromatic heterocycles. The number of rotatable bonds is 6. The number of sulfone groups is 1. The number of hydrogen-bond acceptors (Lipinski definition) is 4. The number of carbonyl (C=O) groups excluding carboxylic acids is 2. The number of carbonyl (C=O) groups is 2. The fourth-order valence-corrected chi connectivity index (χ4v) is 3.09. The molecule has 1 aliphatic rings. The van der Waals surface area contributed by atoms with E-state index >= 15 is 0 Å². The Morgan fingerprint density at radius 3 is 2.11 bits per heavy atom. The molecule has 0 aliphatic heterocycles. The largest absolute Gasteiger partial charge is 0.341 e. The first-order valence-corrected chi connectivity index (χ1v) is 9.66. The van der Waals surface area contributed by atoms with E-state index in [2.05, 4.69) is 10.6 Å². The molecular weight excluding hydrogens is 378 g/mol. The van der Waals surface area contributed by atoms with E-state index < -0.39 is 26.4 Å². The number of alkyl halides is 2. The van der Waals surface area contributed by atoms with Gasteiger partial charge in [-0.3, -0.25) is 9.59 Å². The zero-order chi connectivity index (χ0) is 19.6. The molecule has 3 rings (SSSR count). The van der Waals surface area contributed by atoms with E-state index in [4.69, 9.17) is 0 Å². The maximum absolute atomic E-state index is 12.5. The highest BCUT2D eigenvalue weighted by atomic mass is 32.2. The number of amides is 2. The molecule has 2 aromatic rings. The summed E-state index contributed by atoms with van der Waals surface area (Å²) in [5, 5.41) is 5.37. The van der Waals surface area contributed by atoms with Crippen molar-refractivity contribution in [2.75, 3.05) is 10.6 Å². The molecule has 0 bridgehead atoms. The molecule has 0 atom stereocenters. The lowest BCUT2D eigenvalue weighted by molar-refractivity contribution is -0.117. The van der Waals surface area contributed by atoms with Gasteiger partial charge in [0.2, 0.25) is 15.7 Å². The summed E-state index contributed by atoms with van der Waals surface area (Å²) in [7, 11) is -4.70. The topological polar surface area (TPSA) is 92.3 Å². The summed E-state index contributed by atoms with van der Waals surface area (Å²) in [6.45, 7) is 0. The van der Waals surface area contributed by atoms with Gasteiger partial charge in [0.25, 0.3) is 5.91 Å². The lowest BCUT2D eigenvalue weighted by Gasteiger charge is -2.09. The summed E-state index contributed by atoms with van der Waals surface area (Å²) >= 11 is 0. The molecular formula is C18H16F2N2O4S. The van der Waals surface area contributed by atoms with E-state index in [1.54, 1.807) is 24.3 Å². The van der Waals surface area contributed by atoms with Gasteiger partial charge in [-0.15, -0.1) is 0 Å². The van der Waals surface area contributed by atoms with Crippen LogP contribution in [0, 0.1) is 5.92 Å². The van der Waals surface area contributed by atoms with Gasteiger partial charge in [0.15, 0.2) is 0 Å². The third kappa shape index (κ3) is 4.48. The lowest BCUT2D eigenvalue weighted by Crippen LogP contribution is -2.15. The van der Waals surface area contributed by atoms with Gasteiger partial charge in [0, 0.05) is 22.9 Å². The zero-order valence-corrected chi connectivity index (χ0v) is 14.8. The fraction of sp³-hybridized carbons (Fsp3) is 0.222. The normalized spacial score (nSPS) is 14.0. The van der Waals surface area contributed by atoms with Crippen LogP contribution in [0.2, 0.25) is 0 Å². The van der Waals surface area contributed by atoms with Crippen LogP contribution in [-0.2, 0) is 14.6 Å². The molecule has 2 amide bonds. The Balaban J connectivity index is 1.69. The minimum absolute atomic E-state index is 0.0475. The second-order valence-corrected chi connectivity index (χ2v) is 8.05. The second-order valence-electron chi connectivity index (χ2n) is 6.13. The third-order valence-corrected chi connectivity index (χ3v) is 5.41. The Labute approximate surface area is 154 Å². The molecule has 1 aliphatic carbocycles. The van der Waals surface area contributed by atoms with Crippen molar-refractivity contribution in [1.82, 2.24) is 0 Å². The van der Waals surface area contributed by atoms with Crippen LogP contribution in [0.15, 0.2) is 53.4 Å². The summed E-state index contributed by atoms with van der Waals surface area (Å²) in [4.78, 5) is 23.5. The Morgan fingerprint density at radius 2 is 1.56 bits per heavy atom. The third-order valence-electron chi connectivity index (χ3n) is 4.02. The van der Waals surface area contributed by atoms with Crippen LogP contribution in [-0.4, -0.2) is 26.0 Å². The summed E-state index contributed by atoms with van der Waals surface area (Å²) < 4.78 is 47.9. The number of anilines is 2. The zero-order valence-electron chi connectivity index (χ0n) is 14.0. The SMILES string of the molecule is O=C(Nc1cccc(NC(=O)C2CC2)c1)c1ccc(S(=O)(=O)C(F)F)cc1. The molecule has 9 heteroatoms. The van der Waals surface area contributed by atoms with E-state index in [9.17, 15) is 26.8 Å². The monoisotopic (exact) mass is 394 g/mol. The van der Waals surface area contributed by atoms with Gasteiger partial charge in [-0.1, -0.05) is 6.07 Å². The number of benzene rings is 2. The average molecular weight is 394 g/mol. The minimum atomic E-state index is -4.70. The van der Waals surface area contributed by atoms with Crippen LogP contribution in [0.3, 0.4) is 0 Å². The maximum atomic E-state index is 12.5. The molecule has 142 valence electrons. The molecule has 0 spiro atoms. The van der Waals surface area contributed by atoms with Gasteiger partial charge in [0.1, 0.15) is 0 Å². The molecule has 0 unspecified atom stereocenters. The van der Waals surface area contributed by atoms with Gasteiger partial charge in [-0.05, 0) is 55.3 Å². The predicted molar refractivity (Wildman–Crippen MR) is 95.4 cm³/mol. The summed E-state index contributed by atoms with van der Waals surface area (Å²) in [6.07, 6.45) is 1.75. The van der Waals surface area contributed by atoms with E-state index in [1.807, 2.05) is 0 Å². The van der Waals surface area contributed by atoms with Crippen LogP contribution in [0.4, 0.5) is 20.2 Å². The van der Waals surface area contributed by atoms with E-state index in [1.165, 1.54) is 0 Å². The molecule has 27 heavy (non-hydrogen) atoms. The van der Waals surface area contributed by atoms with Crippen molar-refractivity contribution in [2.45, 2.75) is 23.5 Å². The fourth-order valence-electron chi connectivity index (χ4n) is 2.37. The number of hydrogen-bond donors (Lipinski definition) is 2. The first-order chi connectivity index (χ1) is 12.8. The Hall–Kier alpha value is -2.81. The van der Waals surface area contributed by atoms with E-state index in [-0.39, 0.29) is 17.4 Å². The Kier molecular flexibility index (Phi) is 5.22. The Bertz CT molecular complexity index is 971. The molecule has 1 fully saturated rings. The van der Waals surface area contributed by atoms with Gasteiger partial charge in [-0.2, -0.15) is 8.78 Å². The second kappa shape index (κ2) is 7.43. The molecule has 6 nitrogen and oxygen atoms in total. The van der Waals surface area contributed by atoms with Crippen molar-refractivity contribution >= 4 is 33.0 Å². The van der Waals surface area contributed by atoms with Crippen molar-refractivity contribution in [3.8, 4) is 0 Å². The van der Waals surface area contributed by atoms with Gasteiger partial charge in [-0.25, -0.2) is 8.42 Å². The highest BCUT2D eigenvalue weighted by Crippen LogP contribution is 2.30. The molecule has 2 aromatic carbocycles. The smallest absolute Gasteiger partial charge is 0.326 e. The van der Waals surface area contributed by atoms with Crippen LogP contribution in [0.25, 0.3) is 0 Å². The molecule has 2 N–H and O–H groups in total. The number of halogens is 2. The van der Waals surface area contributed by atoms with Crippen molar-refractivity contribution in [1.29, 1.82) is 0 Å². The maximum Gasteiger partial charge on any atom is 0.341 e. The van der Waals surface area contributed by atoms with E-state index in [0.29, 0.717) is 11.4 Å². The molecule has 0 radical (unpaired) electrons. The standard InChI is InChI=1S/C18H16F2N2O4S/c19-18(20)27(25,26)15-8-6-12(7-9-15)17(24)22-14-3-1-2-13(10-14)21-16(23)11-4-5-11/h1-3,6-11,18H,4-5H2,(H,21,23)(H,22,24). The van der Waals surface area contributed by atoms with Gasteiger partial charge >= 0.3 is 5.76 Å². The van der Waals surface area contributed by atoms with Crippen LogP contribution < -0.4 is 10.6 Å². The highest BCUT2D eigenvalue weighted by Gasteiger charge is 2.29. The molecule has 1 saturated carbocycles. The first kappa shape index (κ1) is 19.0. The summed E-state index contributed by atoms with van der Waals surface area (Å²) in [5.41, 5.74) is 1.08. The van der Waals surface area contributed by atoms with Gasteiger partial charge < -0.3 is 10.6 Å². The van der Waals surface area contributed by atoms with Crippen LogP contribution in [0.5, 0.6) is 0 Å². The summed E-state index contributed by atoms with van der Waals surface area (Å²) in [6, 6.07) is 10.8. The van der Waals surface area contributed by atoms with Crippen LogP contribution in [0.1, 0.15) is 23.2 Å². The number of nitrogens with one attached hydrogen (secondary N) is 2. The highest BCUT2D eigenvalue weighted by molar-refractivity contribution is 7.91. The average Bonchev–Trinajstić information content (AvgIpc) is 3.47. The van der Waals surface area contributed by atoms with Crippen molar-refractivity contribution in [2.24, 2.45) is 5.92 Å². The molecule has 0 saturated heterocycles. The van der Waals surface area contributed by atoms with Gasteiger partial charge in [0.05, 0.1) is 4.90 Å². The Morgan fingerprint density at radius 1 is 0.963 bits per heavy atom. The minimum Gasteiger partial charge on any atom is -0.326 e. The van der Waals surface area contributed by atoms with Crippen molar-refractivity contribution in [3.05, 3.63) is 54.1 Å². The van der Waals surface area contributed by atoms with Crippen molar-refractivity contribution < 1.29 is 26.8 Å². The quantitative estimate of drug-likeness (QED) is 0.786. The van der Waals surface area contributed by atoms with Crippen molar-refractivity contribution in [3.63, 3.8) is 0 Å². The van der Waals surface area contributed by atoms with E-state index in [0.717, 1.165) is 37.1 Å². The lowest BCUT2D eigenvalue weighted by atomic mass is 10.2.